The quantitative estimate of drug-likeness (QED) is 0.213. The highest BCUT2D eigenvalue weighted by atomic mass is 35.5. The van der Waals surface area contributed by atoms with Gasteiger partial charge in [-0.25, -0.2) is 9.97 Å². The van der Waals surface area contributed by atoms with Crippen LogP contribution in [0.1, 0.15) is 5.01 Å². The molecule has 0 fully saturated rings. The number of aromatic nitrogens is 3. The Balaban J connectivity index is 1.45. The van der Waals surface area contributed by atoms with Crippen LogP contribution in [0.5, 0.6) is 0 Å². The molecule has 0 spiro atoms. The van der Waals surface area contributed by atoms with Crippen LogP contribution in [0.15, 0.2) is 70.6 Å². The summed E-state index contributed by atoms with van der Waals surface area (Å²) in [5, 5.41) is 5.41. The van der Waals surface area contributed by atoms with Crippen molar-refractivity contribution < 1.29 is 4.79 Å². The van der Waals surface area contributed by atoms with E-state index in [2.05, 4.69) is 15.3 Å². The van der Waals surface area contributed by atoms with E-state index in [9.17, 15) is 9.59 Å². The summed E-state index contributed by atoms with van der Waals surface area (Å²) >= 11 is 15.0. The molecule has 1 amide bonds. The number of amides is 1. The van der Waals surface area contributed by atoms with Crippen molar-refractivity contribution in [3.63, 3.8) is 0 Å². The number of nitrogens with one attached hydrogen (secondary N) is 1. The lowest BCUT2D eigenvalue weighted by Crippen LogP contribution is -2.23. The number of hydrogen-bond acceptors (Lipinski definition) is 6. The topological polar surface area (TPSA) is 76.9 Å². The van der Waals surface area contributed by atoms with Gasteiger partial charge in [-0.1, -0.05) is 47.1 Å². The van der Waals surface area contributed by atoms with Gasteiger partial charge in [0.15, 0.2) is 5.16 Å². The zero-order chi connectivity index (χ0) is 23.8. The summed E-state index contributed by atoms with van der Waals surface area (Å²) in [6.45, 7) is 1.95. The summed E-state index contributed by atoms with van der Waals surface area (Å²) < 4.78 is 2.52. The monoisotopic (exact) mass is 526 g/mol. The maximum atomic E-state index is 13.3. The van der Waals surface area contributed by atoms with Gasteiger partial charge in [0, 0.05) is 5.69 Å². The fourth-order valence-electron chi connectivity index (χ4n) is 3.51. The number of thioether (sulfide) groups is 1. The van der Waals surface area contributed by atoms with Gasteiger partial charge in [-0.3, -0.25) is 14.2 Å². The predicted octanol–water partition coefficient (Wildman–Crippen LogP) is 6.34. The Hall–Kier alpha value is -2.91. The van der Waals surface area contributed by atoms with Crippen LogP contribution in [0.2, 0.25) is 10.0 Å². The van der Waals surface area contributed by atoms with Gasteiger partial charge >= 0.3 is 0 Å². The predicted molar refractivity (Wildman–Crippen MR) is 141 cm³/mol. The highest BCUT2D eigenvalue weighted by molar-refractivity contribution is 7.99. The van der Waals surface area contributed by atoms with Crippen molar-refractivity contribution >= 4 is 79.0 Å². The third-order valence-electron chi connectivity index (χ3n) is 5.02. The molecule has 2 heterocycles. The molecule has 170 valence electrons. The van der Waals surface area contributed by atoms with E-state index in [-0.39, 0.29) is 17.2 Å². The highest BCUT2D eigenvalue weighted by Gasteiger charge is 2.16. The number of benzene rings is 3. The Labute approximate surface area is 212 Å². The first-order chi connectivity index (χ1) is 16.4. The number of anilines is 1. The fourth-order valence-corrected chi connectivity index (χ4v) is 5.42. The van der Waals surface area contributed by atoms with Crippen molar-refractivity contribution in [1.82, 2.24) is 14.5 Å². The van der Waals surface area contributed by atoms with Gasteiger partial charge in [-0.2, -0.15) is 0 Å². The van der Waals surface area contributed by atoms with Gasteiger partial charge in [-0.05, 0) is 55.5 Å². The third kappa shape index (κ3) is 4.54. The zero-order valence-electron chi connectivity index (χ0n) is 17.7. The molecule has 0 aliphatic rings. The normalized spacial score (nSPS) is 11.3. The maximum absolute atomic E-state index is 13.3. The van der Waals surface area contributed by atoms with Gasteiger partial charge in [0.25, 0.3) is 5.56 Å². The second-order valence-electron chi connectivity index (χ2n) is 7.40. The van der Waals surface area contributed by atoms with E-state index in [0.29, 0.717) is 37.5 Å². The van der Waals surface area contributed by atoms with Crippen molar-refractivity contribution in [2.75, 3.05) is 11.1 Å². The molecule has 0 bridgehead atoms. The van der Waals surface area contributed by atoms with Crippen molar-refractivity contribution in [2.45, 2.75) is 12.1 Å². The molecular weight excluding hydrogens is 511 g/mol. The minimum Gasteiger partial charge on any atom is -0.325 e. The standard InChI is InChI=1S/C24H16Cl2N4O2S2/c1-13-27-20-10-14(6-9-21(20)34-13)28-22(31)12-33-24-29-19-5-3-2-4-16(19)23(32)30(24)15-7-8-17(25)18(26)11-15/h2-11H,12H2,1H3,(H,28,31). The number of fused-ring (bicyclic) bond motifs is 2. The van der Waals surface area contributed by atoms with Crippen LogP contribution >= 0.6 is 46.3 Å². The van der Waals surface area contributed by atoms with Crippen LogP contribution in [0.3, 0.4) is 0 Å². The summed E-state index contributed by atoms with van der Waals surface area (Å²) in [7, 11) is 0. The first kappa shape index (κ1) is 22.9. The van der Waals surface area contributed by atoms with Gasteiger partial charge in [-0.15, -0.1) is 11.3 Å². The lowest BCUT2D eigenvalue weighted by atomic mass is 10.2. The lowest BCUT2D eigenvalue weighted by Gasteiger charge is -2.14. The number of thiazole rings is 1. The fraction of sp³-hybridized carbons (Fsp3) is 0.0833. The Kier molecular flexibility index (Phi) is 6.31. The minimum atomic E-state index is -0.253. The van der Waals surface area contributed by atoms with Crippen LogP contribution in [0, 0.1) is 6.92 Å². The average Bonchev–Trinajstić information content (AvgIpc) is 3.19. The Morgan fingerprint density at radius 2 is 1.85 bits per heavy atom. The molecule has 10 heteroatoms. The molecule has 0 unspecified atom stereocenters. The van der Waals surface area contributed by atoms with E-state index in [4.69, 9.17) is 23.2 Å². The molecule has 34 heavy (non-hydrogen) atoms. The van der Waals surface area contributed by atoms with Crippen LogP contribution in [0.4, 0.5) is 5.69 Å². The number of nitrogens with zero attached hydrogens (tertiary/aromatic N) is 3. The summed E-state index contributed by atoms with van der Waals surface area (Å²) in [5.41, 5.74) is 2.33. The molecule has 6 nitrogen and oxygen atoms in total. The molecule has 0 aliphatic carbocycles. The van der Waals surface area contributed by atoms with Crippen LogP contribution < -0.4 is 10.9 Å². The molecule has 0 atom stereocenters. The van der Waals surface area contributed by atoms with E-state index in [1.54, 1.807) is 47.7 Å². The van der Waals surface area contributed by atoms with Crippen LogP contribution in [-0.4, -0.2) is 26.2 Å². The number of para-hydroxylation sites is 1. The van der Waals surface area contributed by atoms with Crippen LogP contribution in [-0.2, 0) is 4.79 Å². The average molecular weight is 527 g/mol. The Morgan fingerprint density at radius 3 is 2.68 bits per heavy atom. The number of halogens is 2. The van der Waals surface area contributed by atoms with E-state index >= 15 is 0 Å². The summed E-state index contributed by atoms with van der Waals surface area (Å²) in [5.74, 6) is -0.167. The largest absolute Gasteiger partial charge is 0.325 e. The van der Waals surface area contributed by atoms with E-state index < -0.39 is 0 Å². The minimum absolute atomic E-state index is 0.0558. The molecule has 3 aromatic carbocycles. The second-order valence-corrected chi connectivity index (χ2v) is 10.4. The number of rotatable bonds is 5. The summed E-state index contributed by atoms with van der Waals surface area (Å²) in [6, 6.07) is 17.7. The first-order valence-electron chi connectivity index (χ1n) is 10.2. The third-order valence-corrected chi connectivity index (χ3v) is 7.65. The van der Waals surface area contributed by atoms with Crippen molar-refractivity contribution in [3.8, 4) is 5.69 Å². The molecule has 5 rings (SSSR count). The summed E-state index contributed by atoms with van der Waals surface area (Å²) in [4.78, 5) is 35.2. The number of aryl methyl sites for hydroxylation is 1. The molecular formula is C24H16Cl2N4O2S2. The molecule has 0 saturated heterocycles. The summed E-state index contributed by atoms with van der Waals surface area (Å²) in [6.07, 6.45) is 0. The van der Waals surface area contributed by atoms with E-state index in [1.165, 1.54) is 16.3 Å². The molecule has 0 radical (unpaired) electrons. The molecule has 0 saturated carbocycles. The number of carbonyl (C=O) groups is 1. The molecule has 5 aromatic rings. The molecule has 0 aliphatic heterocycles. The Morgan fingerprint density at radius 1 is 1.03 bits per heavy atom. The Bertz CT molecular complexity index is 1630. The van der Waals surface area contributed by atoms with Gasteiger partial charge < -0.3 is 5.32 Å². The van der Waals surface area contributed by atoms with Gasteiger partial charge in [0.2, 0.25) is 5.91 Å². The van der Waals surface area contributed by atoms with Gasteiger partial charge in [0.1, 0.15) is 0 Å². The number of hydrogen-bond donors (Lipinski definition) is 1. The molecule has 1 N–H and O–H groups in total. The van der Waals surface area contributed by atoms with Crippen molar-refractivity contribution in [1.29, 1.82) is 0 Å². The zero-order valence-corrected chi connectivity index (χ0v) is 20.9. The number of carbonyl (C=O) groups excluding carboxylic acids is 1. The molecule has 2 aromatic heterocycles. The van der Waals surface area contributed by atoms with E-state index in [1.807, 2.05) is 31.2 Å². The lowest BCUT2D eigenvalue weighted by molar-refractivity contribution is -0.113. The SMILES string of the molecule is Cc1nc2cc(NC(=O)CSc3nc4ccccc4c(=O)n3-c3ccc(Cl)c(Cl)c3)ccc2s1. The maximum Gasteiger partial charge on any atom is 0.266 e. The highest BCUT2D eigenvalue weighted by Crippen LogP contribution is 2.28. The second kappa shape index (κ2) is 9.38. The first-order valence-corrected chi connectivity index (χ1v) is 12.7. The smallest absolute Gasteiger partial charge is 0.266 e. The van der Waals surface area contributed by atoms with Gasteiger partial charge in [0.05, 0.1) is 47.6 Å². The van der Waals surface area contributed by atoms with Crippen molar-refractivity contribution in [3.05, 3.63) is 86.1 Å². The van der Waals surface area contributed by atoms with E-state index in [0.717, 1.165) is 15.2 Å². The van der Waals surface area contributed by atoms with Crippen LogP contribution in [0.25, 0.3) is 26.8 Å². The van der Waals surface area contributed by atoms with Crippen molar-refractivity contribution in [2.24, 2.45) is 0 Å².